The van der Waals surface area contributed by atoms with Crippen LogP contribution in [0.25, 0.3) is 11.4 Å². The van der Waals surface area contributed by atoms with Gasteiger partial charge in [-0.25, -0.2) is 9.97 Å². The van der Waals surface area contributed by atoms with Crippen LogP contribution in [-0.4, -0.2) is 68.0 Å². The fourth-order valence-corrected chi connectivity index (χ4v) is 4.50. The molecule has 2 atom stereocenters. The molecule has 5 rings (SSSR count). The summed E-state index contributed by atoms with van der Waals surface area (Å²) >= 11 is 0. The van der Waals surface area contributed by atoms with Gasteiger partial charge in [-0.2, -0.15) is 0 Å². The molecule has 0 N–H and O–H groups in total. The fourth-order valence-electron chi connectivity index (χ4n) is 4.50. The van der Waals surface area contributed by atoms with Crippen LogP contribution in [0.15, 0.2) is 30.7 Å². The van der Waals surface area contributed by atoms with Crippen molar-refractivity contribution in [2.24, 2.45) is 0 Å². The van der Waals surface area contributed by atoms with Crippen molar-refractivity contribution in [3.63, 3.8) is 0 Å². The predicted octanol–water partition coefficient (Wildman–Crippen LogP) is 1.02. The van der Waals surface area contributed by atoms with Crippen molar-refractivity contribution in [3.8, 4) is 11.4 Å². The highest BCUT2D eigenvalue weighted by molar-refractivity contribution is 5.96. The van der Waals surface area contributed by atoms with Crippen LogP contribution in [0.5, 0.6) is 0 Å². The number of amides is 2. The number of likely N-dealkylation sites (tertiary alicyclic amines) is 1. The summed E-state index contributed by atoms with van der Waals surface area (Å²) < 4.78 is 5.96. The molecule has 0 saturated carbocycles. The largest absolute Gasteiger partial charge is 0.351 e. The number of hydrogen-bond acceptors (Lipinski definition) is 6. The van der Waals surface area contributed by atoms with Crippen molar-refractivity contribution in [3.05, 3.63) is 42.0 Å². The summed E-state index contributed by atoms with van der Waals surface area (Å²) in [6.07, 6.45) is 5.93. The first-order chi connectivity index (χ1) is 13.1. The topological polar surface area (TPSA) is 88.5 Å². The summed E-state index contributed by atoms with van der Waals surface area (Å²) in [5.74, 6) is 0.462. The van der Waals surface area contributed by atoms with Crippen LogP contribution in [-0.2, 0) is 9.53 Å². The number of carbonyl (C=O) groups is 2. The van der Waals surface area contributed by atoms with E-state index in [1.54, 1.807) is 35.3 Å². The zero-order valence-electron chi connectivity index (χ0n) is 15.0. The zero-order valence-corrected chi connectivity index (χ0v) is 15.0. The molecule has 138 valence electrons. The van der Waals surface area contributed by atoms with E-state index in [-0.39, 0.29) is 17.9 Å². The van der Waals surface area contributed by atoms with Crippen LogP contribution in [0.3, 0.4) is 0 Å². The molecule has 0 aromatic carbocycles. The second kappa shape index (κ2) is 5.82. The summed E-state index contributed by atoms with van der Waals surface area (Å²) in [7, 11) is 0. The first-order valence-corrected chi connectivity index (χ1v) is 9.09. The van der Waals surface area contributed by atoms with E-state index in [0.717, 1.165) is 5.56 Å². The van der Waals surface area contributed by atoms with Gasteiger partial charge in [-0.1, -0.05) is 0 Å². The third-order valence-corrected chi connectivity index (χ3v) is 5.79. The molecule has 3 aliphatic rings. The third kappa shape index (κ3) is 2.29. The van der Waals surface area contributed by atoms with Crippen LogP contribution in [0.4, 0.5) is 0 Å². The van der Waals surface area contributed by atoms with Gasteiger partial charge in [0.15, 0.2) is 11.5 Å². The number of nitrogens with zero attached hydrogens (tertiary/aromatic N) is 5. The third-order valence-electron chi connectivity index (χ3n) is 5.79. The van der Waals surface area contributed by atoms with E-state index in [1.807, 2.05) is 12.1 Å². The summed E-state index contributed by atoms with van der Waals surface area (Å²) in [5, 5.41) is 0. The molecule has 3 fully saturated rings. The predicted molar refractivity (Wildman–Crippen MR) is 94.5 cm³/mol. The van der Waals surface area contributed by atoms with E-state index in [1.165, 1.54) is 0 Å². The first-order valence-electron chi connectivity index (χ1n) is 9.09. The highest BCUT2D eigenvalue weighted by atomic mass is 16.5. The quantitative estimate of drug-likeness (QED) is 0.790. The Bertz CT molecular complexity index is 934. The van der Waals surface area contributed by atoms with Crippen molar-refractivity contribution in [2.45, 2.75) is 31.5 Å². The number of ether oxygens (including phenoxy) is 1. The van der Waals surface area contributed by atoms with Gasteiger partial charge in [-0.3, -0.25) is 14.6 Å². The molecule has 0 unspecified atom stereocenters. The standard InChI is InChI=1S/C19H19N5O3/c1-12-14(11-21-17(22-12)13-3-2-5-20-10-13)18(26)23-6-4-19-15(23)9-16(25)24(19)7-8-27-19/h2-3,5,10-11,15H,4,6-9H2,1H3/t15-,19+/m1/s1. The van der Waals surface area contributed by atoms with Gasteiger partial charge in [0.05, 0.1) is 30.3 Å². The molecule has 8 heteroatoms. The molecular weight excluding hydrogens is 346 g/mol. The molecule has 3 saturated heterocycles. The first kappa shape index (κ1) is 16.3. The second-order valence-corrected chi connectivity index (χ2v) is 7.14. The van der Waals surface area contributed by atoms with Crippen molar-refractivity contribution < 1.29 is 14.3 Å². The Balaban J connectivity index is 1.44. The number of aromatic nitrogens is 3. The monoisotopic (exact) mass is 365 g/mol. The maximum absolute atomic E-state index is 13.2. The number of pyridine rings is 1. The second-order valence-electron chi connectivity index (χ2n) is 7.14. The van der Waals surface area contributed by atoms with E-state index >= 15 is 0 Å². The van der Waals surface area contributed by atoms with Crippen LogP contribution >= 0.6 is 0 Å². The van der Waals surface area contributed by atoms with Crippen LogP contribution in [0, 0.1) is 6.92 Å². The Morgan fingerprint density at radius 1 is 1.33 bits per heavy atom. The van der Waals surface area contributed by atoms with Gasteiger partial charge in [0.2, 0.25) is 5.91 Å². The molecule has 8 nitrogen and oxygen atoms in total. The summed E-state index contributed by atoms with van der Waals surface area (Å²) in [6, 6.07) is 3.46. The Labute approximate surface area is 156 Å². The lowest BCUT2D eigenvalue weighted by molar-refractivity contribution is -0.136. The number of rotatable bonds is 2. The molecule has 0 aliphatic carbocycles. The molecule has 2 amide bonds. The molecule has 0 bridgehead atoms. The minimum atomic E-state index is -0.628. The van der Waals surface area contributed by atoms with Crippen molar-refractivity contribution in [1.29, 1.82) is 0 Å². The van der Waals surface area contributed by atoms with Gasteiger partial charge >= 0.3 is 0 Å². The Hall–Kier alpha value is -2.87. The van der Waals surface area contributed by atoms with Crippen LogP contribution < -0.4 is 0 Å². The Kier molecular flexibility index (Phi) is 3.51. The lowest BCUT2D eigenvalue weighted by atomic mass is 10.1. The van der Waals surface area contributed by atoms with Crippen LogP contribution in [0.2, 0.25) is 0 Å². The maximum Gasteiger partial charge on any atom is 0.257 e. The lowest BCUT2D eigenvalue weighted by Gasteiger charge is -2.31. The van der Waals surface area contributed by atoms with Crippen molar-refractivity contribution >= 4 is 11.8 Å². The minimum absolute atomic E-state index is 0.0647. The average molecular weight is 365 g/mol. The SMILES string of the molecule is Cc1nc(-c2cccnc2)ncc1C(=O)N1CC[C@@]23OCCN2C(=O)C[C@@H]13. The Morgan fingerprint density at radius 2 is 2.22 bits per heavy atom. The molecular formula is C19H19N5O3. The summed E-state index contributed by atoms with van der Waals surface area (Å²) in [4.78, 5) is 42.0. The normalized spacial score (nSPS) is 26.4. The van der Waals surface area contributed by atoms with Gasteiger partial charge in [-0.05, 0) is 19.1 Å². The molecule has 27 heavy (non-hydrogen) atoms. The van der Waals surface area contributed by atoms with E-state index in [2.05, 4.69) is 15.0 Å². The van der Waals surface area contributed by atoms with Crippen molar-refractivity contribution in [1.82, 2.24) is 24.8 Å². The average Bonchev–Trinajstić information content (AvgIpc) is 3.33. The maximum atomic E-state index is 13.2. The molecule has 2 aromatic heterocycles. The zero-order chi connectivity index (χ0) is 18.6. The van der Waals surface area contributed by atoms with Gasteiger partial charge in [-0.15, -0.1) is 0 Å². The van der Waals surface area contributed by atoms with Crippen LogP contribution in [0.1, 0.15) is 28.9 Å². The smallest absolute Gasteiger partial charge is 0.257 e. The summed E-state index contributed by atoms with van der Waals surface area (Å²) in [5.41, 5.74) is 1.25. The number of hydrogen-bond donors (Lipinski definition) is 0. The highest BCUT2D eigenvalue weighted by Crippen LogP contribution is 2.45. The van der Waals surface area contributed by atoms with Gasteiger partial charge < -0.3 is 14.5 Å². The summed E-state index contributed by atoms with van der Waals surface area (Å²) in [6.45, 7) is 3.52. The lowest BCUT2D eigenvalue weighted by Crippen LogP contribution is -2.48. The van der Waals surface area contributed by atoms with E-state index in [4.69, 9.17) is 4.74 Å². The molecule has 1 spiro atoms. The number of carbonyl (C=O) groups excluding carboxylic acids is 2. The van der Waals surface area contributed by atoms with E-state index in [9.17, 15) is 9.59 Å². The molecule has 2 aromatic rings. The fraction of sp³-hybridized carbons (Fsp3) is 0.421. The highest BCUT2D eigenvalue weighted by Gasteiger charge is 2.63. The van der Waals surface area contributed by atoms with Gasteiger partial charge in [0.1, 0.15) is 0 Å². The molecule has 3 aliphatic heterocycles. The van der Waals surface area contributed by atoms with E-state index < -0.39 is 5.72 Å². The minimum Gasteiger partial charge on any atom is -0.351 e. The molecule has 0 radical (unpaired) electrons. The van der Waals surface area contributed by atoms with Gasteiger partial charge in [0, 0.05) is 43.7 Å². The van der Waals surface area contributed by atoms with Crippen molar-refractivity contribution in [2.75, 3.05) is 19.7 Å². The number of aryl methyl sites for hydroxylation is 1. The molecule has 5 heterocycles. The van der Waals surface area contributed by atoms with Gasteiger partial charge in [0.25, 0.3) is 5.91 Å². The Morgan fingerprint density at radius 3 is 3.00 bits per heavy atom. The van der Waals surface area contributed by atoms with E-state index in [0.29, 0.717) is 49.6 Å².